The van der Waals surface area contributed by atoms with E-state index in [0.29, 0.717) is 12.3 Å². The summed E-state index contributed by atoms with van der Waals surface area (Å²) in [4.78, 5) is 22.3. The lowest BCUT2D eigenvalue weighted by molar-refractivity contribution is -0.126. The molecule has 1 amide bonds. The van der Waals surface area contributed by atoms with Crippen molar-refractivity contribution >= 4 is 26.8 Å². The molecule has 0 aliphatic heterocycles. The van der Waals surface area contributed by atoms with Crippen LogP contribution in [0, 0.1) is 6.92 Å². The van der Waals surface area contributed by atoms with E-state index in [1.165, 1.54) is 0 Å². The van der Waals surface area contributed by atoms with Crippen molar-refractivity contribution in [2.24, 2.45) is 0 Å². The van der Waals surface area contributed by atoms with Crippen LogP contribution in [0.4, 0.5) is 0 Å². The molecule has 46 heavy (non-hydrogen) atoms. The molecule has 3 N–H and O–H groups in total. The molecular formula is C37H40N4O4S. The Morgan fingerprint density at radius 2 is 1.70 bits per heavy atom. The van der Waals surface area contributed by atoms with Crippen LogP contribution in [-0.2, 0) is 26.7 Å². The van der Waals surface area contributed by atoms with Crippen molar-refractivity contribution in [3.63, 3.8) is 0 Å². The summed E-state index contributed by atoms with van der Waals surface area (Å²) in [6.45, 7) is 3.84. The zero-order chi connectivity index (χ0) is 32.2. The fraction of sp³-hybridized carbons (Fsp3) is 0.297. The fourth-order valence-corrected chi connectivity index (χ4v) is 8.15. The van der Waals surface area contributed by atoms with Gasteiger partial charge in [-0.3, -0.25) is 9.78 Å². The fourth-order valence-electron chi connectivity index (χ4n) is 6.57. The molecule has 3 aromatic carbocycles. The van der Waals surface area contributed by atoms with Gasteiger partial charge in [0.05, 0.1) is 0 Å². The van der Waals surface area contributed by atoms with Crippen LogP contribution in [-0.4, -0.2) is 36.4 Å². The second-order valence-corrected chi connectivity index (χ2v) is 14.2. The number of H-pyrrole nitrogens is 1. The topological polar surface area (TPSA) is 113 Å². The standard InChI is InChI=1S/C37H40N4O4S/c1-27-18-19-32(45-29-13-5-3-6-14-29)33(23-27)46(43,44)41-36(2,24-28-25-39-31-16-8-7-15-30(28)31)35(42)40-26-37(20-10-4-11-21-37)34-17-9-12-22-38-34/h3,5-9,12-19,22-23,25,39,41H,4,10-11,20-21,24,26H2,1-2H3,(H,40,42). The minimum atomic E-state index is -4.26. The molecule has 6 rings (SSSR count). The highest BCUT2D eigenvalue weighted by Crippen LogP contribution is 2.38. The van der Waals surface area contributed by atoms with Crippen LogP contribution < -0.4 is 14.8 Å². The number of benzene rings is 3. The van der Waals surface area contributed by atoms with E-state index in [2.05, 4.69) is 20.0 Å². The number of sulfonamides is 1. The number of nitrogens with one attached hydrogen (secondary N) is 3. The monoisotopic (exact) mass is 636 g/mol. The lowest BCUT2D eigenvalue weighted by Crippen LogP contribution is -2.59. The molecule has 1 aliphatic rings. The molecule has 8 nitrogen and oxygen atoms in total. The smallest absolute Gasteiger partial charge is 0.245 e. The zero-order valence-corrected chi connectivity index (χ0v) is 27.1. The van der Waals surface area contributed by atoms with Gasteiger partial charge in [-0.25, -0.2) is 8.42 Å². The second-order valence-electron chi connectivity index (χ2n) is 12.6. The highest BCUT2D eigenvalue weighted by atomic mass is 32.2. The van der Waals surface area contributed by atoms with Crippen LogP contribution in [0.15, 0.2) is 108 Å². The van der Waals surface area contributed by atoms with E-state index >= 15 is 0 Å². The summed E-state index contributed by atoms with van der Waals surface area (Å²) in [6, 6.07) is 27.8. The van der Waals surface area contributed by atoms with E-state index in [0.717, 1.165) is 59.8 Å². The van der Waals surface area contributed by atoms with Gasteiger partial charge in [-0.05, 0) is 80.3 Å². The number of para-hydroxylation sites is 2. The molecule has 0 bridgehead atoms. The van der Waals surface area contributed by atoms with Gasteiger partial charge in [0, 0.05) is 47.4 Å². The number of aromatic amines is 1. The highest BCUT2D eigenvalue weighted by molar-refractivity contribution is 7.89. The summed E-state index contributed by atoms with van der Waals surface area (Å²) < 4.78 is 37.5. The summed E-state index contributed by atoms with van der Waals surface area (Å²) in [7, 11) is -4.26. The van der Waals surface area contributed by atoms with Crippen LogP contribution in [0.5, 0.6) is 11.5 Å². The minimum Gasteiger partial charge on any atom is -0.456 e. The molecule has 5 aromatic rings. The molecule has 1 unspecified atom stereocenters. The number of amides is 1. The molecule has 0 radical (unpaired) electrons. The summed E-state index contributed by atoms with van der Waals surface area (Å²) in [5, 5.41) is 4.12. The summed E-state index contributed by atoms with van der Waals surface area (Å²) >= 11 is 0. The average molecular weight is 637 g/mol. The Bertz CT molecular complexity index is 1920. The predicted octanol–water partition coefficient (Wildman–Crippen LogP) is 6.96. The number of pyridine rings is 1. The van der Waals surface area contributed by atoms with Gasteiger partial charge in [0.2, 0.25) is 15.9 Å². The zero-order valence-electron chi connectivity index (χ0n) is 26.3. The molecule has 9 heteroatoms. The van der Waals surface area contributed by atoms with E-state index in [9.17, 15) is 13.2 Å². The SMILES string of the molecule is Cc1ccc(Oc2ccccc2)c(S(=O)(=O)NC(C)(Cc2c[nH]c3ccccc23)C(=O)NCC2(c3ccccn3)CCCCC2)c1. The molecule has 0 spiro atoms. The van der Waals surface area contributed by atoms with Crippen LogP contribution in [0.3, 0.4) is 0 Å². The van der Waals surface area contributed by atoms with Crippen molar-refractivity contribution in [1.82, 2.24) is 20.0 Å². The molecule has 2 heterocycles. The number of aromatic nitrogens is 2. The molecule has 1 fully saturated rings. The second kappa shape index (κ2) is 13.1. The Balaban J connectivity index is 1.35. The van der Waals surface area contributed by atoms with Gasteiger partial charge in [-0.2, -0.15) is 4.72 Å². The Morgan fingerprint density at radius 3 is 2.46 bits per heavy atom. The van der Waals surface area contributed by atoms with Crippen LogP contribution >= 0.6 is 0 Å². The van der Waals surface area contributed by atoms with Crippen molar-refractivity contribution < 1.29 is 17.9 Å². The number of ether oxygens (including phenoxy) is 1. The first-order valence-electron chi connectivity index (χ1n) is 15.8. The van der Waals surface area contributed by atoms with E-state index in [4.69, 9.17) is 4.74 Å². The molecular weight excluding hydrogens is 596 g/mol. The van der Waals surface area contributed by atoms with E-state index in [1.807, 2.05) is 73.8 Å². The summed E-state index contributed by atoms with van der Waals surface area (Å²) in [5.74, 6) is 0.283. The van der Waals surface area contributed by atoms with Gasteiger partial charge in [0.15, 0.2) is 0 Å². The van der Waals surface area contributed by atoms with Gasteiger partial charge < -0.3 is 15.0 Å². The molecule has 1 aliphatic carbocycles. The van der Waals surface area contributed by atoms with Crippen LogP contribution in [0.25, 0.3) is 10.9 Å². The molecule has 0 saturated heterocycles. The van der Waals surface area contributed by atoms with Gasteiger partial charge in [-0.1, -0.05) is 67.8 Å². The first-order valence-corrected chi connectivity index (χ1v) is 17.3. The summed E-state index contributed by atoms with van der Waals surface area (Å²) in [6.07, 6.45) is 8.80. The maximum absolute atomic E-state index is 14.4. The highest BCUT2D eigenvalue weighted by Gasteiger charge is 2.42. The lowest BCUT2D eigenvalue weighted by atomic mass is 9.71. The number of hydrogen-bond acceptors (Lipinski definition) is 5. The molecule has 1 atom stereocenters. The number of fused-ring (bicyclic) bond motifs is 1. The van der Waals surface area contributed by atoms with Crippen LogP contribution in [0.1, 0.15) is 55.8 Å². The maximum atomic E-state index is 14.4. The van der Waals surface area contributed by atoms with Gasteiger partial charge in [0.1, 0.15) is 21.9 Å². The van der Waals surface area contributed by atoms with Gasteiger partial charge >= 0.3 is 0 Å². The maximum Gasteiger partial charge on any atom is 0.245 e. The Kier molecular flexibility index (Phi) is 8.97. The van der Waals surface area contributed by atoms with Gasteiger partial charge in [0.25, 0.3) is 0 Å². The van der Waals surface area contributed by atoms with E-state index in [-0.39, 0.29) is 22.5 Å². The number of carbonyl (C=O) groups excluding carboxylic acids is 1. The normalized spacial score (nSPS) is 16.0. The third-order valence-electron chi connectivity index (χ3n) is 9.05. The number of nitrogens with zero attached hydrogens (tertiary/aromatic N) is 1. The van der Waals surface area contributed by atoms with Crippen molar-refractivity contribution in [2.45, 2.75) is 68.2 Å². The van der Waals surface area contributed by atoms with Crippen molar-refractivity contribution in [2.75, 3.05) is 6.54 Å². The van der Waals surface area contributed by atoms with Gasteiger partial charge in [-0.15, -0.1) is 0 Å². The third-order valence-corrected chi connectivity index (χ3v) is 10.7. The number of hydrogen-bond donors (Lipinski definition) is 3. The Morgan fingerprint density at radius 1 is 0.957 bits per heavy atom. The average Bonchev–Trinajstić information content (AvgIpc) is 3.47. The van der Waals surface area contributed by atoms with Crippen molar-refractivity contribution in [1.29, 1.82) is 0 Å². The minimum absolute atomic E-state index is 0.0356. The molecule has 2 aromatic heterocycles. The first-order chi connectivity index (χ1) is 22.2. The van der Waals surface area contributed by atoms with E-state index < -0.39 is 21.5 Å². The Hall–Kier alpha value is -4.47. The molecule has 1 saturated carbocycles. The summed E-state index contributed by atoms with van der Waals surface area (Å²) in [5.41, 5.74) is 1.59. The largest absolute Gasteiger partial charge is 0.456 e. The van der Waals surface area contributed by atoms with E-state index in [1.54, 1.807) is 43.5 Å². The number of rotatable bonds is 11. The molecule has 238 valence electrons. The third kappa shape index (κ3) is 6.71. The number of aryl methyl sites for hydroxylation is 1. The predicted molar refractivity (Wildman–Crippen MR) is 180 cm³/mol. The van der Waals surface area contributed by atoms with Crippen molar-refractivity contribution in [3.05, 3.63) is 120 Å². The first kappa shape index (κ1) is 31.5. The Labute approximate surface area is 270 Å². The quantitative estimate of drug-likeness (QED) is 0.145. The van der Waals surface area contributed by atoms with Crippen molar-refractivity contribution in [3.8, 4) is 11.5 Å². The number of carbonyl (C=O) groups is 1. The van der Waals surface area contributed by atoms with Crippen LogP contribution in [0.2, 0.25) is 0 Å². The lowest BCUT2D eigenvalue weighted by Gasteiger charge is -2.38.